The number of nitrogens with two attached hydrogens (primary N) is 1. The fraction of sp³-hybridized carbons (Fsp3) is 0.667. The van der Waals surface area contributed by atoms with Crippen LogP contribution in [0.25, 0.3) is 0 Å². The Kier molecular flexibility index (Phi) is 6.81. The zero-order valence-electron chi connectivity index (χ0n) is 17.6. The molecule has 1 aromatic heterocycles. The quantitative estimate of drug-likeness (QED) is 0.453. The Labute approximate surface area is 177 Å². The van der Waals surface area contributed by atoms with Gasteiger partial charge >= 0.3 is 0 Å². The van der Waals surface area contributed by atoms with E-state index in [1.165, 1.54) is 25.8 Å². The number of carbonyl (C=O) groups is 2. The van der Waals surface area contributed by atoms with Crippen LogP contribution in [0.2, 0.25) is 0 Å². The number of hydrogen-bond donors (Lipinski definition) is 3. The van der Waals surface area contributed by atoms with Gasteiger partial charge in [-0.15, -0.1) is 0 Å². The predicted octanol–water partition coefficient (Wildman–Crippen LogP) is 0.397. The molecule has 0 spiro atoms. The second-order valence-corrected chi connectivity index (χ2v) is 8.65. The van der Waals surface area contributed by atoms with E-state index in [0.29, 0.717) is 18.7 Å². The number of nitrogens with zero attached hydrogens (tertiary/aromatic N) is 4. The lowest BCUT2D eigenvalue weighted by Crippen LogP contribution is -2.47. The molecule has 0 aromatic carbocycles. The zero-order valence-corrected chi connectivity index (χ0v) is 17.6. The molecular formula is C21H33N7O2. The summed E-state index contributed by atoms with van der Waals surface area (Å²) in [5, 5.41) is 7.43. The van der Waals surface area contributed by atoms with Gasteiger partial charge in [-0.3, -0.25) is 25.6 Å². The maximum absolute atomic E-state index is 11.9. The van der Waals surface area contributed by atoms with Crippen molar-refractivity contribution in [1.29, 1.82) is 0 Å². The molecule has 0 radical (unpaired) electrons. The molecule has 1 atom stereocenters. The van der Waals surface area contributed by atoms with E-state index in [1.807, 2.05) is 17.3 Å². The van der Waals surface area contributed by atoms with Crippen LogP contribution in [0.1, 0.15) is 32.1 Å². The van der Waals surface area contributed by atoms with Gasteiger partial charge in [0, 0.05) is 45.7 Å². The second-order valence-electron chi connectivity index (χ2n) is 8.65. The highest BCUT2D eigenvalue weighted by Crippen LogP contribution is 2.21. The molecule has 3 saturated heterocycles. The Balaban J connectivity index is 1.20. The van der Waals surface area contributed by atoms with E-state index >= 15 is 0 Å². The summed E-state index contributed by atoms with van der Waals surface area (Å²) < 4.78 is 0. The third-order valence-electron chi connectivity index (χ3n) is 6.55. The number of pyridine rings is 1. The zero-order chi connectivity index (χ0) is 20.9. The van der Waals surface area contributed by atoms with Gasteiger partial charge in [0.15, 0.2) is 0 Å². The third kappa shape index (κ3) is 5.47. The molecule has 4 rings (SSSR count). The van der Waals surface area contributed by atoms with Crippen molar-refractivity contribution in [2.75, 3.05) is 56.0 Å². The van der Waals surface area contributed by atoms with Crippen LogP contribution >= 0.6 is 0 Å². The number of imide groups is 1. The number of hydrogen-bond acceptors (Lipinski definition) is 8. The fourth-order valence-corrected chi connectivity index (χ4v) is 4.50. The first-order valence-corrected chi connectivity index (χ1v) is 11.1. The SMILES string of the molecule is NN1CCC(CCN2CCN(c3ccc(NC4CCC(=O)NC4=O)nc3)CC2)CC1. The Hall–Kier alpha value is -2.23. The molecule has 2 amide bonds. The monoisotopic (exact) mass is 415 g/mol. The first-order valence-electron chi connectivity index (χ1n) is 11.1. The van der Waals surface area contributed by atoms with E-state index in [-0.39, 0.29) is 11.8 Å². The molecule has 9 nitrogen and oxygen atoms in total. The number of rotatable bonds is 6. The minimum atomic E-state index is -0.401. The second kappa shape index (κ2) is 9.72. The van der Waals surface area contributed by atoms with E-state index in [9.17, 15) is 9.59 Å². The average Bonchev–Trinajstić information content (AvgIpc) is 2.76. The lowest BCUT2D eigenvalue weighted by atomic mass is 9.94. The van der Waals surface area contributed by atoms with Gasteiger partial charge in [-0.05, 0) is 50.3 Å². The number of anilines is 2. The minimum absolute atomic E-state index is 0.207. The fourth-order valence-electron chi connectivity index (χ4n) is 4.50. The maximum atomic E-state index is 11.9. The Bertz CT molecular complexity index is 725. The molecule has 4 N–H and O–H groups in total. The van der Waals surface area contributed by atoms with Gasteiger partial charge in [0.1, 0.15) is 11.9 Å². The van der Waals surface area contributed by atoms with Gasteiger partial charge in [-0.1, -0.05) is 0 Å². The van der Waals surface area contributed by atoms with E-state index < -0.39 is 6.04 Å². The van der Waals surface area contributed by atoms with E-state index in [1.54, 1.807) is 0 Å². The molecule has 0 saturated carbocycles. The highest BCUT2D eigenvalue weighted by atomic mass is 16.2. The van der Waals surface area contributed by atoms with Gasteiger partial charge in [0.2, 0.25) is 11.8 Å². The minimum Gasteiger partial charge on any atom is -0.368 e. The average molecular weight is 416 g/mol. The number of amides is 2. The first-order chi connectivity index (χ1) is 14.6. The summed E-state index contributed by atoms with van der Waals surface area (Å²) in [6.07, 6.45) is 6.45. The highest BCUT2D eigenvalue weighted by Gasteiger charge is 2.26. The van der Waals surface area contributed by atoms with Crippen LogP contribution in [-0.2, 0) is 9.59 Å². The van der Waals surface area contributed by atoms with Crippen LogP contribution in [-0.4, -0.2) is 78.6 Å². The molecule has 1 aromatic rings. The molecule has 3 fully saturated rings. The Morgan fingerprint density at radius 2 is 1.83 bits per heavy atom. The molecule has 0 bridgehead atoms. The molecule has 3 aliphatic rings. The highest BCUT2D eigenvalue weighted by molar-refractivity contribution is 6.01. The smallest absolute Gasteiger partial charge is 0.249 e. The molecule has 30 heavy (non-hydrogen) atoms. The standard InChI is InChI=1S/C21H33N7O2/c22-28-9-6-16(7-10-28)5-8-26-11-13-27(14-12-26)17-1-3-19(23-15-17)24-18-2-4-20(29)25-21(18)30/h1,3,15-16,18H,2,4-14,22H2,(H,23,24)(H,25,29,30). The van der Waals surface area contributed by atoms with Crippen LogP contribution < -0.4 is 21.4 Å². The van der Waals surface area contributed by atoms with Crippen molar-refractivity contribution in [3.05, 3.63) is 18.3 Å². The van der Waals surface area contributed by atoms with Crippen LogP contribution in [0.4, 0.5) is 11.5 Å². The van der Waals surface area contributed by atoms with Crippen molar-refractivity contribution in [3.8, 4) is 0 Å². The number of aromatic nitrogens is 1. The molecule has 3 aliphatic heterocycles. The number of nitrogens with one attached hydrogen (secondary N) is 2. The molecule has 164 valence electrons. The van der Waals surface area contributed by atoms with E-state index in [0.717, 1.165) is 50.9 Å². The Morgan fingerprint density at radius 3 is 2.50 bits per heavy atom. The van der Waals surface area contributed by atoms with Gasteiger partial charge in [0.25, 0.3) is 0 Å². The number of carbonyl (C=O) groups excluding carboxylic acids is 2. The molecule has 9 heteroatoms. The topological polar surface area (TPSA) is 107 Å². The molecule has 1 unspecified atom stereocenters. The van der Waals surface area contributed by atoms with Crippen molar-refractivity contribution < 1.29 is 9.59 Å². The third-order valence-corrected chi connectivity index (χ3v) is 6.55. The van der Waals surface area contributed by atoms with Gasteiger partial charge in [0.05, 0.1) is 11.9 Å². The Morgan fingerprint density at radius 1 is 1.07 bits per heavy atom. The van der Waals surface area contributed by atoms with Crippen LogP contribution in [0.15, 0.2) is 18.3 Å². The van der Waals surface area contributed by atoms with Gasteiger partial charge in [-0.2, -0.15) is 0 Å². The lowest BCUT2D eigenvalue weighted by molar-refractivity contribution is -0.133. The number of piperazine rings is 1. The summed E-state index contributed by atoms with van der Waals surface area (Å²) >= 11 is 0. The summed E-state index contributed by atoms with van der Waals surface area (Å²) in [6.45, 7) is 7.39. The van der Waals surface area contributed by atoms with Crippen molar-refractivity contribution in [2.24, 2.45) is 11.8 Å². The van der Waals surface area contributed by atoms with E-state index in [4.69, 9.17) is 5.84 Å². The first kappa shape index (κ1) is 21.0. The molecular weight excluding hydrogens is 382 g/mol. The van der Waals surface area contributed by atoms with Crippen LogP contribution in [0, 0.1) is 5.92 Å². The van der Waals surface area contributed by atoms with Crippen LogP contribution in [0.3, 0.4) is 0 Å². The van der Waals surface area contributed by atoms with Crippen LogP contribution in [0.5, 0.6) is 0 Å². The summed E-state index contributed by atoms with van der Waals surface area (Å²) in [7, 11) is 0. The van der Waals surface area contributed by atoms with Crippen molar-refractivity contribution >= 4 is 23.3 Å². The maximum Gasteiger partial charge on any atom is 0.249 e. The van der Waals surface area contributed by atoms with E-state index in [2.05, 4.69) is 31.5 Å². The van der Waals surface area contributed by atoms with Crippen molar-refractivity contribution in [3.63, 3.8) is 0 Å². The van der Waals surface area contributed by atoms with Gasteiger partial charge in [-0.25, -0.2) is 9.99 Å². The largest absolute Gasteiger partial charge is 0.368 e. The summed E-state index contributed by atoms with van der Waals surface area (Å²) in [5.41, 5.74) is 1.11. The summed E-state index contributed by atoms with van der Waals surface area (Å²) in [5.74, 6) is 6.85. The summed E-state index contributed by atoms with van der Waals surface area (Å²) in [6, 6.07) is 3.56. The number of hydrazine groups is 1. The normalized spacial score (nSPS) is 24.7. The van der Waals surface area contributed by atoms with Crippen molar-refractivity contribution in [2.45, 2.75) is 38.1 Å². The van der Waals surface area contributed by atoms with Gasteiger partial charge < -0.3 is 10.2 Å². The molecule has 4 heterocycles. The molecule has 0 aliphatic carbocycles. The van der Waals surface area contributed by atoms with Crippen molar-refractivity contribution in [1.82, 2.24) is 20.2 Å². The number of piperidine rings is 2. The predicted molar refractivity (Wildman–Crippen MR) is 116 cm³/mol. The lowest BCUT2D eigenvalue weighted by Gasteiger charge is -2.37. The summed E-state index contributed by atoms with van der Waals surface area (Å²) in [4.78, 5) is 32.5.